The van der Waals surface area contributed by atoms with Gasteiger partial charge >= 0.3 is 0 Å². The number of aromatic nitrogens is 2. The lowest BCUT2D eigenvalue weighted by molar-refractivity contribution is 0.262. The van der Waals surface area contributed by atoms with Crippen molar-refractivity contribution in [2.75, 3.05) is 13.1 Å². The van der Waals surface area contributed by atoms with Gasteiger partial charge in [-0.1, -0.05) is 13.8 Å². The number of hydrogen-bond acceptors (Lipinski definition) is 4. The average Bonchev–Trinajstić information content (AvgIpc) is 2.47. The van der Waals surface area contributed by atoms with Crippen molar-refractivity contribution in [2.45, 2.75) is 20.4 Å². The Labute approximate surface area is 76.6 Å². The predicted octanol–water partition coefficient (Wildman–Crippen LogP) is 1.57. The average molecular weight is 187 g/mol. The molecule has 0 saturated heterocycles. The summed E-state index contributed by atoms with van der Waals surface area (Å²) in [6, 6.07) is 0. The summed E-state index contributed by atoms with van der Waals surface area (Å²) in [5, 5.41) is 6.51. The highest BCUT2D eigenvalue weighted by Gasteiger charge is 2.04. The zero-order valence-corrected chi connectivity index (χ0v) is 8.15. The van der Waals surface area contributed by atoms with Gasteiger partial charge < -0.3 is 4.42 Å². The molecule has 0 aromatic carbocycles. The summed E-state index contributed by atoms with van der Waals surface area (Å²) in [6.45, 7) is 6.91. The minimum atomic E-state index is 0.345. The minimum absolute atomic E-state index is 0.345. The molecule has 0 unspecified atom stereocenters. The first-order valence-electron chi connectivity index (χ1n) is 4.03. The van der Waals surface area contributed by atoms with Gasteiger partial charge in [-0.15, -0.1) is 5.10 Å². The minimum Gasteiger partial charge on any atom is -0.413 e. The summed E-state index contributed by atoms with van der Waals surface area (Å²) in [4.78, 5) is 2.55. The van der Waals surface area contributed by atoms with Crippen LogP contribution in [0.2, 0.25) is 0 Å². The van der Waals surface area contributed by atoms with Crippen molar-refractivity contribution in [3.8, 4) is 0 Å². The second kappa shape index (κ2) is 4.37. The van der Waals surface area contributed by atoms with Gasteiger partial charge in [-0.25, -0.2) is 5.10 Å². The van der Waals surface area contributed by atoms with Crippen molar-refractivity contribution in [2.24, 2.45) is 0 Å². The quantitative estimate of drug-likeness (QED) is 0.727. The highest BCUT2D eigenvalue weighted by molar-refractivity contribution is 7.71. The van der Waals surface area contributed by atoms with Gasteiger partial charge in [-0.2, -0.15) is 0 Å². The molecular weight excluding hydrogens is 174 g/mol. The van der Waals surface area contributed by atoms with Crippen LogP contribution < -0.4 is 0 Å². The Kier molecular flexibility index (Phi) is 3.43. The summed E-state index contributed by atoms with van der Waals surface area (Å²) >= 11 is 4.75. The van der Waals surface area contributed by atoms with Crippen LogP contribution in [0.15, 0.2) is 4.42 Å². The van der Waals surface area contributed by atoms with E-state index in [1.165, 1.54) is 0 Å². The van der Waals surface area contributed by atoms with Gasteiger partial charge in [0.05, 0.1) is 6.54 Å². The molecule has 5 heteroatoms. The normalized spacial score (nSPS) is 10.9. The van der Waals surface area contributed by atoms with Crippen molar-refractivity contribution >= 4 is 12.2 Å². The maximum atomic E-state index is 5.12. The molecule has 0 radical (unpaired) electrons. The van der Waals surface area contributed by atoms with Crippen LogP contribution in [0.3, 0.4) is 0 Å². The van der Waals surface area contributed by atoms with E-state index < -0.39 is 0 Å². The van der Waals surface area contributed by atoms with E-state index in [0.29, 0.717) is 10.7 Å². The molecule has 1 heterocycles. The Morgan fingerprint density at radius 3 is 2.58 bits per heavy atom. The molecule has 0 saturated carbocycles. The fraction of sp³-hybridized carbons (Fsp3) is 0.714. The smallest absolute Gasteiger partial charge is 0.284 e. The Balaban J connectivity index is 2.56. The zero-order valence-electron chi connectivity index (χ0n) is 7.33. The maximum Gasteiger partial charge on any atom is 0.284 e. The molecule has 1 aromatic heterocycles. The number of H-pyrrole nitrogens is 1. The molecule has 0 spiro atoms. The van der Waals surface area contributed by atoms with E-state index in [4.69, 9.17) is 16.6 Å². The van der Waals surface area contributed by atoms with Gasteiger partial charge in [-0.05, 0) is 25.3 Å². The maximum absolute atomic E-state index is 5.12. The Bertz CT molecular complexity index is 276. The van der Waals surface area contributed by atoms with Crippen LogP contribution in [-0.4, -0.2) is 28.2 Å². The van der Waals surface area contributed by atoms with Crippen molar-refractivity contribution < 1.29 is 4.42 Å². The first kappa shape index (κ1) is 9.41. The van der Waals surface area contributed by atoms with Crippen LogP contribution in [-0.2, 0) is 6.54 Å². The summed E-state index contributed by atoms with van der Waals surface area (Å²) in [5.41, 5.74) is 0. The molecule has 1 rings (SSSR count). The summed E-state index contributed by atoms with van der Waals surface area (Å²) < 4.78 is 5.12. The zero-order chi connectivity index (χ0) is 8.97. The highest BCUT2D eigenvalue weighted by Crippen LogP contribution is 2.00. The Morgan fingerprint density at radius 2 is 2.17 bits per heavy atom. The molecule has 0 bridgehead atoms. The second-order valence-electron chi connectivity index (χ2n) is 2.47. The molecular formula is C7H13N3OS. The summed E-state index contributed by atoms with van der Waals surface area (Å²) in [7, 11) is 0. The number of rotatable bonds is 4. The third kappa shape index (κ3) is 2.42. The number of nitrogens with one attached hydrogen (secondary N) is 1. The predicted molar refractivity (Wildman–Crippen MR) is 48.3 cm³/mol. The van der Waals surface area contributed by atoms with Crippen molar-refractivity contribution in [3.63, 3.8) is 0 Å². The van der Waals surface area contributed by atoms with Crippen LogP contribution in [0, 0.1) is 4.84 Å². The number of hydrogen-bond donors (Lipinski definition) is 1. The lowest BCUT2D eigenvalue weighted by Crippen LogP contribution is -2.22. The van der Waals surface area contributed by atoms with Gasteiger partial charge in [0, 0.05) is 0 Å². The van der Waals surface area contributed by atoms with Gasteiger partial charge in [0.15, 0.2) is 0 Å². The number of nitrogens with zero attached hydrogens (tertiary/aromatic N) is 2. The summed E-state index contributed by atoms with van der Waals surface area (Å²) in [5.74, 6) is 0.656. The van der Waals surface area contributed by atoms with E-state index in [1.54, 1.807) is 0 Å². The molecule has 0 aliphatic heterocycles. The van der Waals surface area contributed by atoms with Crippen LogP contribution >= 0.6 is 12.2 Å². The molecule has 0 amide bonds. The first-order chi connectivity index (χ1) is 5.76. The van der Waals surface area contributed by atoms with E-state index in [9.17, 15) is 0 Å². The Hall–Kier alpha value is -0.680. The molecule has 0 atom stereocenters. The van der Waals surface area contributed by atoms with Crippen molar-refractivity contribution in [1.29, 1.82) is 0 Å². The van der Waals surface area contributed by atoms with Crippen LogP contribution in [0.25, 0.3) is 0 Å². The first-order valence-corrected chi connectivity index (χ1v) is 4.43. The van der Waals surface area contributed by atoms with Crippen LogP contribution in [0.4, 0.5) is 0 Å². The standard InChI is InChI=1S/C7H13N3OS/c1-3-10(4-2)5-6-8-9-7(12)11-6/h3-5H2,1-2H3,(H,9,12). The molecule has 12 heavy (non-hydrogen) atoms. The van der Waals surface area contributed by atoms with Crippen LogP contribution in [0.1, 0.15) is 19.7 Å². The van der Waals surface area contributed by atoms with E-state index in [2.05, 4.69) is 28.9 Å². The van der Waals surface area contributed by atoms with E-state index in [0.717, 1.165) is 19.6 Å². The Morgan fingerprint density at radius 1 is 1.50 bits per heavy atom. The topological polar surface area (TPSA) is 45.1 Å². The lowest BCUT2D eigenvalue weighted by atomic mass is 10.5. The van der Waals surface area contributed by atoms with Crippen molar-refractivity contribution in [1.82, 2.24) is 15.1 Å². The van der Waals surface area contributed by atoms with E-state index in [-0.39, 0.29) is 0 Å². The van der Waals surface area contributed by atoms with Gasteiger partial charge in [0.1, 0.15) is 0 Å². The van der Waals surface area contributed by atoms with Gasteiger partial charge in [-0.3, -0.25) is 4.90 Å². The number of aromatic amines is 1. The molecule has 4 nitrogen and oxygen atoms in total. The van der Waals surface area contributed by atoms with E-state index in [1.807, 2.05) is 0 Å². The van der Waals surface area contributed by atoms with E-state index >= 15 is 0 Å². The highest BCUT2D eigenvalue weighted by atomic mass is 32.1. The second-order valence-corrected chi connectivity index (χ2v) is 2.84. The molecule has 1 aromatic rings. The molecule has 1 N–H and O–H groups in total. The third-order valence-electron chi connectivity index (χ3n) is 1.74. The fourth-order valence-corrected chi connectivity index (χ4v) is 1.11. The molecule has 68 valence electrons. The summed E-state index contributed by atoms with van der Waals surface area (Å²) in [6.07, 6.45) is 0. The van der Waals surface area contributed by atoms with Gasteiger partial charge in [0.25, 0.3) is 4.84 Å². The largest absolute Gasteiger partial charge is 0.413 e. The third-order valence-corrected chi connectivity index (χ3v) is 1.91. The van der Waals surface area contributed by atoms with Gasteiger partial charge in [0.2, 0.25) is 5.89 Å². The monoisotopic (exact) mass is 187 g/mol. The molecule has 0 fully saturated rings. The molecule has 0 aliphatic carbocycles. The van der Waals surface area contributed by atoms with Crippen molar-refractivity contribution in [3.05, 3.63) is 10.7 Å². The lowest BCUT2D eigenvalue weighted by Gasteiger charge is -2.14. The van der Waals surface area contributed by atoms with Crippen LogP contribution in [0.5, 0.6) is 0 Å². The SMILES string of the molecule is CCN(CC)Cc1n[nH]c(=S)o1. The fourth-order valence-electron chi connectivity index (χ4n) is 0.967. The molecule has 0 aliphatic rings.